The highest BCUT2D eigenvalue weighted by Gasteiger charge is 2.21. The number of aromatic nitrogens is 2. The van der Waals surface area contributed by atoms with Crippen LogP contribution < -0.4 is 26.2 Å². The fraction of sp³-hybridized carbons (Fsp3) is 0.476. The Labute approximate surface area is 181 Å². The maximum absolute atomic E-state index is 13.1. The molecule has 1 atom stereocenters. The lowest BCUT2D eigenvalue weighted by atomic mass is 10.1. The summed E-state index contributed by atoms with van der Waals surface area (Å²) in [6.45, 7) is 4.48. The standard InChI is InChI=1S/C21H29N7O3/c1-27(5-8-30-2)19-12-18(25-21(26-19)28-6-9-31-10-7-28)20(29)24-14-3-4-15-16(22)13-23-17(15)11-14/h3-4,11-12,16,23H,5-10,13,22H2,1-2H3,(H,24,29). The third-order valence-corrected chi connectivity index (χ3v) is 5.47. The molecule has 0 saturated carbocycles. The molecule has 1 fully saturated rings. The SMILES string of the molecule is COCCN(C)c1cc(C(=O)Nc2ccc3c(c2)NCC3N)nc(N2CCOCC2)n1. The van der Waals surface area contributed by atoms with Gasteiger partial charge in [0.15, 0.2) is 0 Å². The molecule has 1 unspecified atom stereocenters. The number of anilines is 4. The summed E-state index contributed by atoms with van der Waals surface area (Å²) in [5.41, 5.74) is 9.05. The molecule has 2 aromatic rings. The summed E-state index contributed by atoms with van der Waals surface area (Å²) in [6, 6.07) is 7.38. The van der Waals surface area contributed by atoms with Gasteiger partial charge in [-0.25, -0.2) is 4.98 Å². The number of hydrogen-bond donors (Lipinski definition) is 3. The fourth-order valence-corrected chi connectivity index (χ4v) is 3.62. The molecular weight excluding hydrogens is 398 g/mol. The highest BCUT2D eigenvalue weighted by atomic mass is 16.5. The molecule has 0 radical (unpaired) electrons. The molecular formula is C21H29N7O3. The quantitative estimate of drug-likeness (QED) is 0.596. The summed E-state index contributed by atoms with van der Waals surface area (Å²) >= 11 is 0. The van der Waals surface area contributed by atoms with Gasteiger partial charge < -0.3 is 35.6 Å². The van der Waals surface area contributed by atoms with E-state index >= 15 is 0 Å². The number of methoxy groups -OCH3 is 1. The van der Waals surface area contributed by atoms with E-state index in [1.54, 1.807) is 13.2 Å². The Kier molecular flexibility index (Phi) is 6.50. The van der Waals surface area contributed by atoms with Crippen LogP contribution in [0.4, 0.5) is 23.1 Å². The predicted octanol–water partition coefficient (Wildman–Crippen LogP) is 1.07. The van der Waals surface area contributed by atoms with Crippen molar-refractivity contribution in [3.63, 3.8) is 0 Å². The molecule has 1 aromatic carbocycles. The number of nitrogens with one attached hydrogen (secondary N) is 2. The molecule has 31 heavy (non-hydrogen) atoms. The van der Waals surface area contributed by atoms with Crippen LogP contribution in [0.5, 0.6) is 0 Å². The second kappa shape index (κ2) is 9.46. The summed E-state index contributed by atoms with van der Waals surface area (Å²) in [7, 11) is 3.58. The van der Waals surface area contributed by atoms with E-state index < -0.39 is 0 Å². The van der Waals surface area contributed by atoms with E-state index in [2.05, 4.69) is 20.6 Å². The Bertz CT molecular complexity index is 933. The molecule has 2 aliphatic rings. The van der Waals surface area contributed by atoms with Gasteiger partial charge in [0.25, 0.3) is 5.91 Å². The van der Waals surface area contributed by atoms with Gasteiger partial charge in [-0.1, -0.05) is 6.07 Å². The van der Waals surface area contributed by atoms with E-state index in [-0.39, 0.29) is 11.9 Å². The predicted molar refractivity (Wildman–Crippen MR) is 120 cm³/mol. The minimum absolute atomic E-state index is 0.0251. The van der Waals surface area contributed by atoms with Gasteiger partial charge in [0.05, 0.1) is 19.8 Å². The largest absolute Gasteiger partial charge is 0.383 e. The zero-order chi connectivity index (χ0) is 21.8. The molecule has 3 heterocycles. The fourth-order valence-electron chi connectivity index (χ4n) is 3.62. The van der Waals surface area contributed by atoms with Crippen molar-refractivity contribution in [2.45, 2.75) is 6.04 Å². The summed E-state index contributed by atoms with van der Waals surface area (Å²) in [5.74, 6) is 0.901. The minimum Gasteiger partial charge on any atom is -0.383 e. The second-order valence-electron chi connectivity index (χ2n) is 7.67. The molecule has 0 aliphatic carbocycles. The number of nitrogens with zero attached hydrogens (tertiary/aromatic N) is 4. The first-order chi connectivity index (χ1) is 15.0. The molecule has 10 heteroatoms. The molecule has 1 saturated heterocycles. The van der Waals surface area contributed by atoms with Gasteiger partial charge in [-0.3, -0.25) is 4.79 Å². The van der Waals surface area contributed by atoms with Crippen molar-refractivity contribution >= 4 is 29.0 Å². The van der Waals surface area contributed by atoms with Crippen molar-refractivity contribution in [1.82, 2.24) is 9.97 Å². The van der Waals surface area contributed by atoms with Gasteiger partial charge in [-0.15, -0.1) is 0 Å². The van der Waals surface area contributed by atoms with Crippen molar-refractivity contribution in [1.29, 1.82) is 0 Å². The van der Waals surface area contributed by atoms with Crippen LogP contribution in [0.15, 0.2) is 24.3 Å². The van der Waals surface area contributed by atoms with Crippen LogP contribution in [-0.4, -0.2) is 76.0 Å². The van der Waals surface area contributed by atoms with Gasteiger partial charge in [-0.2, -0.15) is 4.98 Å². The molecule has 4 N–H and O–H groups in total. The summed E-state index contributed by atoms with van der Waals surface area (Å²) in [6.07, 6.45) is 0. The number of rotatable bonds is 7. The minimum atomic E-state index is -0.291. The number of amides is 1. The van der Waals surface area contributed by atoms with E-state index in [0.29, 0.717) is 69.1 Å². The summed E-state index contributed by atoms with van der Waals surface area (Å²) < 4.78 is 10.6. The molecule has 0 bridgehead atoms. The van der Waals surface area contributed by atoms with Crippen molar-refractivity contribution < 1.29 is 14.3 Å². The third kappa shape index (κ3) is 4.87. The Morgan fingerprint density at radius 3 is 2.94 bits per heavy atom. The molecule has 1 amide bonds. The maximum Gasteiger partial charge on any atom is 0.274 e. The van der Waals surface area contributed by atoms with Crippen molar-refractivity contribution in [2.75, 3.05) is 80.6 Å². The van der Waals surface area contributed by atoms with Crippen LogP contribution in [0, 0.1) is 0 Å². The lowest BCUT2D eigenvalue weighted by Gasteiger charge is -2.28. The molecule has 2 aliphatic heterocycles. The first-order valence-electron chi connectivity index (χ1n) is 10.4. The third-order valence-electron chi connectivity index (χ3n) is 5.47. The number of likely N-dealkylation sites (N-methyl/N-ethyl adjacent to an activating group) is 1. The second-order valence-corrected chi connectivity index (χ2v) is 7.67. The number of hydrogen-bond acceptors (Lipinski definition) is 9. The summed E-state index contributed by atoms with van der Waals surface area (Å²) in [4.78, 5) is 26.3. The molecule has 4 rings (SSSR count). The maximum atomic E-state index is 13.1. The molecule has 10 nitrogen and oxygen atoms in total. The number of benzene rings is 1. The van der Waals surface area contributed by atoms with Gasteiger partial charge in [0, 0.05) is 63.8 Å². The topological polar surface area (TPSA) is 118 Å². The number of carbonyl (C=O) groups is 1. The van der Waals surface area contributed by atoms with Crippen LogP contribution in [0.1, 0.15) is 22.1 Å². The lowest BCUT2D eigenvalue weighted by Crippen LogP contribution is -2.38. The Balaban J connectivity index is 1.58. The van der Waals surface area contributed by atoms with Gasteiger partial charge >= 0.3 is 0 Å². The van der Waals surface area contributed by atoms with E-state index in [4.69, 9.17) is 15.2 Å². The Hall–Kier alpha value is -2.95. The average Bonchev–Trinajstić information content (AvgIpc) is 3.17. The van der Waals surface area contributed by atoms with Gasteiger partial charge in [-0.05, 0) is 17.7 Å². The first-order valence-corrected chi connectivity index (χ1v) is 10.4. The van der Waals surface area contributed by atoms with E-state index in [1.807, 2.05) is 35.0 Å². The van der Waals surface area contributed by atoms with Gasteiger partial charge in [0.1, 0.15) is 11.5 Å². The van der Waals surface area contributed by atoms with Crippen molar-refractivity contribution in [3.05, 3.63) is 35.5 Å². The van der Waals surface area contributed by atoms with Crippen LogP contribution in [0.3, 0.4) is 0 Å². The number of nitrogens with two attached hydrogens (primary N) is 1. The Morgan fingerprint density at radius 1 is 1.35 bits per heavy atom. The molecule has 1 aromatic heterocycles. The van der Waals surface area contributed by atoms with Crippen molar-refractivity contribution in [3.8, 4) is 0 Å². The zero-order valence-corrected chi connectivity index (χ0v) is 17.9. The van der Waals surface area contributed by atoms with Crippen LogP contribution in [0.2, 0.25) is 0 Å². The zero-order valence-electron chi connectivity index (χ0n) is 17.9. The van der Waals surface area contributed by atoms with E-state index in [1.165, 1.54) is 0 Å². The van der Waals surface area contributed by atoms with Crippen LogP contribution >= 0.6 is 0 Å². The van der Waals surface area contributed by atoms with Gasteiger partial charge in [0.2, 0.25) is 5.95 Å². The van der Waals surface area contributed by atoms with Crippen molar-refractivity contribution in [2.24, 2.45) is 5.73 Å². The number of morpholine rings is 1. The summed E-state index contributed by atoms with van der Waals surface area (Å²) in [5, 5.41) is 6.21. The van der Waals surface area contributed by atoms with E-state index in [0.717, 1.165) is 11.3 Å². The molecule has 166 valence electrons. The number of ether oxygens (including phenoxy) is 2. The Morgan fingerprint density at radius 2 is 2.16 bits per heavy atom. The monoisotopic (exact) mass is 427 g/mol. The average molecular weight is 428 g/mol. The first kappa shape index (κ1) is 21.3. The number of fused-ring (bicyclic) bond motifs is 1. The lowest BCUT2D eigenvalue weighted by molar-refractivity contribution is 0.102. The smallest absolute Gasteiger partial charge is 0.274 e. The van der Waals surface area contributed by atoms with Crippen LogP contribution in [-0.2, 0) is 9.47 Å². The number of carbonyl (C=O) groups excluding carboxylic acids is 1. The normalized spacial score (nSPS) is 17.8. The molecule has 0 spiro atoms. The highest BCUT2D eigenvalue weighted by molar-refractivity contribution is 6.03. The van der Waals surface area contributed by atoms with E-state index in [9.17, 15) is 4.79 Å². The van der Waals surface area contributed by atoms with Crippen LogP contribution in [0.25, 0.3) is 0 Å². The highest BCUT2D eigenvalue weighted by Crippen LogP contribution is 2.30.